The second-order valence-corrected chi connectivity index (χ2v) is 4.76. The number of hydrogen-bond donors (Lipinski definition) is 1. The lowest BCUT2D eigenvalue weighted by atomic mass is 10.2. The van der Waals surface area contributed by atoms with Gasteiger partial charge < -0.3 is 10.1 Å². The highest BCUT2D eigenvalue weighted by Gasteiger charge is 2.31. The van der Waals surface area contributed by atoms with Crippen LogP contribution in [0.3, 0.4) is 0 Å². The third-order valence-electron chi connectivity index (χ3n) is 3.51. The maximum absolute atomic E-state index is 5.85. The lowest BCUT2D eigenvalue weighted by Gasteiger charge is -2.35. The molecule has 2 rings (SSSR count). The molecule has 1 N–H and O–H groups in total. The molecule has 3 heteroatoms. The first-order valence-corrected chi connectivity index (χ1v) is 6.40. The van der Waals surface area contributed by atoms with Crippen LogP contribution in [0.2, 0.25) is 0 Å². The summed E-state index contributed by atoms with van der Waals surface area (Å²) in [7, 11) is 0. The molecule has 3 nitrogen and oxygen atoms in total. The Hall–Kier alpha value is -0.560. The van der Waals surface area contributed by atoms with Gasteiger partial charge in [-0.1, -0.05) is 0 Å². The lowest BCUT2D eigenvalue weighted by Crippen LogP contribution is -2.49. The van der Waals surface area contributed by atoms with Gasteiger partial charge in [0.25, 0.3) is 0 Å². The van der Waals surface area contributed by atoms with Gasteiger partial charge in [0.2, 0.25) is 0 Å². The van der Waals surface area contributed by atoms with Gasteiger partial charge in [-0.3, -0.25) is 4.90 Å². The molecule has 2 aliphatic heterocycles. The molecule has 0 saturated carbocycles. The van der Waals surface area contributed by atoms with Crippen molar-refractivity contribution in [2.75, 3.05) is 32.8 Å². The Morgan fingerprint density at radius 2 is 2.44 bits per heavy atom. The van der Waals surface area contributed by atoms with Crippen molar-refractivity contribution in [1.82, 2.24) is 10.2 Å². The van der Waals surface area contributed by atoms with Crippen LogP contribution in [-0.2, 0) is 4.74 Å². The van der Waals surface area contributed by atoms with Crippen molar-refractivity contribution in [3.63, 3.8) is 0 Å². The number of fused-ring (bicyclic) bond motifs is 1. The molecule has 0 bridgehead atoms. The summed E-state index contributed by atoms with van der Waals surface area (Å²) in [5.74, 6) is 2.66. The predicted octanol–water partition coefficient (Wildman–Crippen LogP) is 0.853. The molecule has 0 aromatic heterocycles. The van der Waals surface area contributed by atoms with E-state index in [1.807, 2.05) is 0 Å². The zero-order valence-corrected chi connectivity index (χ0v) is 9.95. The van der Waals surface area contributed by atoms with Crippen molar-refractivity contribution in [2.24, 2.45) is 0 Å². The van der Waals surface area contributed by atoms with Gasteiger partial charge in [0.1, 0.15) is 0 Å². The first-order chi connectivity index (χ1) is 7.90. The van der Waals surface area contributed by atoms with Gasteiger partial charge in [0, 0.05) is 25.6 Å². The van der Waals surface area contributed by atoms with Gasteiger partial charge in [-0.25, -0.2) is 0 Å². The summed E-state index contributed by atoms with van der Waals surface area (Å²) in [5.41, 5.74) is 0. The second-order valence-electron chi connectivity index (χ2n) is 4.76. The highest BCUT2D eigenvalue weighted by molar-refractivity contribution is 4.86. The van der Waals surface area contributed by atoms with Gasteiger partial charge >= 0.3 is 0 Å². The Labute approximate surface area is 98.5 Å². The molecular formula is C13H22N2O. The van der Waals surface area contributed by atoms with Crippen LogP contribution in [0, 0.1) is 12.3 Å². The lowest BCUT2D eigenvalue weighted by molar-refractivity contribution is -0.0468. The van der Waals surface area contributed by atoms with E-state index in [-0.39, 0.29) is 0 Å². The molecule has 0 radical (unpaired) electrons. The van der Waals surface area contributed by atoms with E-state index in [9.17, 15) is 0 Å². The fourth-order valence-electron chi connectivity index (χ4n) is 2.59. The van der Waals surface area contributed by atoms with E-state index in [4.69, 9.17) is 11.2 Å². The summed E-state index contributed by atoms with van der Waals surface area (Å²) >= 11 is 0. The Morgan fingerprint density at radius 1 is 1.50 bits per heavy atom. The average Bonchev–Trinajstić information content (AvgIpc) is 2.76. The summed E-state index contributed by atoms with van der Waals surface area (Å²) in [6.45, 7) is 5.27. The quantitative estimate of drug-likeness (QED) is 0.551. The Bertz CT molecular complexity index is 249. The Kier molecular flexibility index (Phi) is 4.65. The highest BCUT2D eigenvalue weighted by atomic mass is 16.5. The molecule has 2 aliphatic rings. The van der Waals surface area contributed by atoms with E-state index < -0.39 is 0 Å². The van der Waals surface area contributed by atoms with Gasteiger partial charge in [0.15, 0.2) is 0 Å². The minimum atomic E-state index is 0.375. The third-order valence-corrected chi connectivity index (χ3v) is 3.51. The van der Waals surface area contributed by atoms with Crippen molar-refractivity contribution < 1.29 is 4.74 Å². The monoisotopic (exact) mass is 222 g/mol. The van der Waals surface area contributed by atoms with E-state index in [0.717, 1.165) is 39.1 Å². The van der Waals surface area contributed by atoms with Crippen LogP contribution in [0.25, 0.3) is 0 Å². The minimum Gasteiger partial charge on any atom is -0.374 e. The molecule has 16 heavy (non-hydrogen) atoms. The SMILES string of the molecule is C#CCCCNCC1CN2CCCC2CO1. The fourth-order valence-corrected chi connectivity index (χ4v) is 2.59. The largest absolute Gasteiger partial charge is 0.374 e. The molecule has 0 aromatic rings. The van der Waals surface area contributed by atoms with Crippen molar-refractivity contribution >= 4 is 0 Å². The van der Waals surface area contributed by atoms with E-state index >= 15 is 0 Å². The van der Waals surface area contributed by atoms with Crippen LogP contribution in [0.4, 0.5) is 0 Å². The van der Waals surface area contributed by atoms with Crippen LogP contribution >= 0.6 is 0 Å². The van der Waals surface area contributed by atoms with Crippen LogP contribution in [0.5, 0.6) is 0 Å². The van der Waals surface area contributed by atoms with Crippen molar-refractivity contribution in [3.05, 3.63) is 0 Å². The number of nitrogens with zero attached hydrogens (tertiary/aromatic N) is 1. The Morgan fingerprint density at radius 3 is 3.31 bits per heavy atom. The topological polar surface area (TPSA) is 24.5 Å². The zero-order chi connectivity index (χ0) is 11.2. The normalized spacial score (nSPS) is 29.9. The van der Waals surface area contributed by atoms with E-state index in [1.165, 1.54) is 19.4 Å². The summed E-state index contributed by atoms with van der Waals surface area (Å²) in [5, 5.41) is 3.42. The van der Waals surface area contributed by atoms with Gasteiger partial charge in [0.05, 0.1) is 12.7 Å². The summed E-state index contributed by atoms with van der Waals surface area (Å²) in [4.78, 5) is 2.58. The zero-order valence-electron chi connectivity index (χ0n) is 9.95. The van der Waals surface area contributed by atoms with Crippen LogP contribution in [-0.4, -0.2) is 49.8 Å². The number of morpholine rings is 1. The van der Waals surface area contributed by atoms with E-state index in [1.54, 1.807) is 0 Å². The molecule has 90 valence electrons. The molecule has 2 heterocycles. The van der Waals surface area contributed by atoms with Crippen molar-refractivity contribution in [3.8, 4) is 12.3 Å². The molecule has 2 saturated heterocycles. The van der Waals surface area contributed by atoms with E-state index in [2.05, 4.69) is 16.1 Å². The number of rotatable bonds is 5. The van der Waals surface area contributed by atoms with E-state index in [0.29, 0.717) is 12.1 Å². The number of hydrogen-bond acceptors (Lipinski definition) is 3. The summed E-state index contributed by atoms with van der Waals surface area (Å²) in [6.07, 6.45) is 10.2. The highest BCUT2D eigenvalue weighted by Crippen LogP contribution is 2.22. The molecule has 2 atom stereocenters. The Balaban J connectivity index is 1.58. The number of unbranched alkanes of at least 4 members (excludes halogenated alkanes) is 1. The summed E-state index contributed by atoms with van der Waals surface area (Å²) in [6, 6.07) is 0.706. The number of ether oxygens (including phenoxy) is 1. The first kappa shape index (κ1) is 11.9. The molecule has 0 aromatic carbocycles. The summed E-state index contributed by atoms with van der Waals surface area (Å²) < 4.78 is 5.85. The van der Waals surface area contributed by atoms with Crippen molar-refractivity contribution in [1.29, 1.82) is 0 Å². The molecular weight excluding hydrogens is 200 g/mol. The van der Waals surface area contributed by atoms with Gasteiger partial charge in [-0.2, -0.15) is 0 Å². The predicted molar refractivity (Wildman–Crippen MR) is 65.3 cm³/mol. The maximum atomic E-state index is 5.85. The number of terminal acetylenes is 1. The molecule has 0 spiro atoms. The third kappa shape index (κ3) is 3.21. The number of nitrogens with one attached hydrogen (secondary N) is 1. The molecule has 0 aliphatic carbocycles. The van der Waals surface area contributed by atoms with Crippen LogP contribution < -0.4 is 5.32 Å². The van der Waals surface area contributed by atoms with Gasteiger partial charge in [-0.05, 0) is 32.4 Å². The standard InChI is InChI=1S/C13H22N2O/c1-2-3-4-7-14-9-13-10-15-8-5-6-12(15)11-16-13/h1,12-14H,3-11H2. The minimum absolute atomic E-state index is 0.375. The fraction of sp³-hybridized carbons (Fsp3) is 0.846. The molecule has 2 unspecified atom stereocenters. The second kappa shape index (κ2) is 6.24. The maximum Gasteiger partial charge on any atom is 0.0826 e. The first-order valence-electron chi connectivity index (χ1n) is 6.40. The van der Waals surface area contributed by atoms with Gasteiger partial charge in [-0.15, -0.1) is 12.3 Å². The van der Waals surface area contributed by atoms with Crippen LogP contribution in [0.1, 0.15) is 25.7 Å². The average molecular weight is 222 g/mol. The molecule has 0 amide bonds. The molecule has 2 fully saturated rings. The van der Waals surface area contributed by atoms with Crippen molar-refractivity contribution in [2.45, 2.75) is 37.8 Å². The van der Waals surface area contributed by atoms with Crippen LogP contribution in [0.15, 0.2) is 0 Å². The smallest absolute Gasteiger partial charge is 0.0826 e.